The smallest absolute Gasteiger partial charge is 0.279 e. The van der Waals surface area contributed by atoms with Gasteiger partial charge in [0.15, 0.2) is 0 Å². The summed E-state index contributed by atoms with van der Waals surface area (Å²) >= 11 is 0. The summed E-state index contributed by atoms with van der Waals surface area (Å²) < 4.78 is 11.0. The van der Waals surface area contributed by atoms with Crippen LogP contribution in [0.1, 0.15) is 18.1 Å². The molecule has 0 fully saturated rings. The maximum Gasteiger partial charge on any atom is 0.279 e. The molecule has 2 rings (SSSR count). The predicted molar refractivity (Wildman–Crippen MR) is 77.6 cm³/mol. The molecule has 0 saturated heterocycles. The first kappa shape index (κ1) is 14.8. The third kappa shape index (κ3) is 3.47. The molecule has 0 atom stereocenters. The van der Waals surface area contributed by atoms with Gasteiger partial charge in [-0.05, 0) is 26.0 Å². The van der Waals surface area contributed by atoms with Gasteiger partial charge in [0.05, 0.1) is 11.5 Å². The number of hydrogen-bond donors (Lipinski definition) is 0. The molecule has 0 radical (unpaired) electrons. The topological polar surface area (TPSA) is 74.5 Å². The normalized spacial score (nSPS) is 10.2. The Morgan fingerprint density at radius 2 is 2.05 bits per heavy atom. The lowest BCUT2D eigenvalue weighted by molar-refractivity contribution is -0.385. The van der Waals surface area contributed by atoms with Gasteiger partial charge in [0.2, 0.25) is 5.88 Å². The van der Waals surface area contributed by atoms with Crippen LogP contribution >= 0.6 is 0 Å². The Labute approximate surface area is 122 Å². The van der Waals surface area contributed by atoms with Gasteiger partial charge in [-0.3, -0.25) is 10.1 Å². The molecule has 0 aliphatic carbocycles. The van der Waals surface area contributed by atoms with E-state index in [9.17, 15) is 10.1 Å². The van der Waals surface area contributed by atoms with Gasteiger partial charge in [0, 0.05) is 17.8 Å². The molecule has 0 spiro atoms. The molecular formula is C15H16N2O4. The highest BCUT2D eigenvalue weighted by molar-refractivity contribution is 5.49. The summed E-state index contributed by atoms with van der Waals surface area (Å²) in [5, 5.41) is 11.1. The summed E-state index contributed by atoms with van der Waals surface area (Å²) in [5.74, 6) is 0.915. The summed E-state index contributed by atoms with van der Waals surface area (Å²) in [5.41, 5.74) is 1.26. The molecule has 1 aromatic heterocycles. The third-order valence-electron chi connectivity index (χ3n) is 2.92. The molecule has 2 aromatic rings. The van der Waals surface area contributed by atoms with Gasteiger partial charge in [-0.25, -0.2) is 4.98 Å². The van der Waals surface area contributed by atoms with Crippen LogP contribution in [-0.2, 0) is 6.61 Å². The zero-order chi connectivity index (χ0) is 15.2. The third-order valence-corrected chi connectivity index (χ3v) is 2.92. The molecule has 0 bridgehead atoms. The first-order chi connectivity index (χ1) is 10.1. The van der Waals surface area contributed by atoms with Crippen LogP contribution in [0.15, 0.2) is 36.5 Å². The minimum absolute atomic E-state index is 0.0189. The van der Waals surface area contributed by atoms with Gasteiger partial charge in [-0.2, -0.15) is 0 Å². The van der Waals surface area contributed by atoms with Crippen LogP contribution in [0.3, 0.4) is 0 Å². The average Bonchev–Trinajstić information content (AvgIpc) is 2.47. The molecular weight excluding hydrogens is 272 g/mol. The second-order valence-corrected chi connectivity index (χ2v) is 4.36. The van der Waals surface area contributed by atoms with Crippen molar-refractivity contribution in [3.8, 4) is 11.6 Å². The summed E-state index contributed by atoms with van der Waals surface area (Å²) in [6, 6.07) is 8.40. The first-order valence-electron chi connectivity index (χ1n) is 6.57. The van der Waals surface area contributed by atoms with Gasteiger partial charge in [-0.1, -0.05) is 12.1 Å². The monoisotopic (exact) mass is 288 g/mol. The Morgan fingerprint density at radius 3 is 2.71 bits per heavy atom. The standard InChI is InChI=1S/C15H16N2O4/c1-3-20-14-8-4-7-13(17(18)19)12(14)10-21-15-11(2)6-5-9-16-15/h4-9H,3,10H2,1-2H3. The molecule has 0 amide bonds. The highest BCUT2D eigenvalue weighted by Gasteiger charge is 2.19. The van der Waals surface area contributed by atoms with E-state index in [1.807, 2.05) is 19.9 Å². The molecule has 110 valence electrons. The molecule has 21 heavy (non-hydrogen) atoms. The summed E-state index contributed by atoms with van der Waals surface area (Å²) in [6.45, 7) is 4.15. The number of nitro benzene ring substituents is 1. The fraction of sp³-hybridized carbons (Fsp3) is 0.267. The van der Waals surface area contributed by atoms with Gasteiger partial charge >= 0.3 is 0 Å². The number of aryl methyl sites for hydroxylation is 1. The highest BCUT2D eigenvalue weighted by atomic mass is 16.6. The molecule has 6 heteroatoms. The summed E-state index contributed by atoms with van der Waals surface area (Å²) in [7, 11) is 0. The van der Waals surface area contributed by atoms with Crippen LogP contribution in [0.5, 0.6) is 11.6 Å². The number of rotatable bonds is 6. The van der Waals surface area contributed by atoms with Crippen molar-refractivity contribution in [2.24, 2.45) is 0 Å². The van der Waals surface area contributed by atoms with E-state index in [2.05, 4.69) is 4.98 Å². The van der Waals surface area contributed by atoms with Gasteiger partial charge in [0.25, 0.3) is 5.69 Å². The lowest BCUT2D eigenvalue weighted by Gasteiger charge is -2.12. The predicted octanol–water partition coefficient (Wildman–Crippen LogP) is 3.28. The maximum absolute atomic E-state index is 11.1. The lowest BCUT2D eigenvalue weighted by atomic mass is 10.1. The number of nitrogens with zero attached hydrogens (tertiary/aromatic N) is 2. The van der Waals surface area contributed by atoms with Crippen molar-refractivity contribution in [2.45, 2.75) is 20.5 Å². The molecule has 0 N–H and O–H groups in total. The maximum atomic E-state index is 11.1. The average molecular weight is 288 g/mol. The fourth-order valence-electron chi connectivity index (χ4n) is 1.92. The quantitative estimate of drug-likeness (QED) is 0.602. The van der Waals surface area contributed by atoms with Gasteiger partial charge in [0.1, 0.15) is 17.9 Å². The Balaban J connectivity index is 2.29. The number of ether oxygens (including phenoxy) is 2. The van der Waals surface area contributed by atoms with Crippen LogP contribution in [-0.4, -0.2) is 16.5 Å². The van der Waals surface area contributed by atoms with E-state index >= 15 is 0 Å². The van der Waals surface area contributed by atoms with Crippen LogP contribution in [0.25, 0.3) is 0 Å². The molecule has 0 saturated carbocycles. The number of aromatic nitrogens is 1. The highest BCUT2D eigenvalue weighted by Crippen LogP contribution is 2.29. The second kappa shape index (κ2) is 6.69. The van der Waals surface area contributed by atoms with Crippen molar-refractivity contribution in [2.75, 3.05) is 6.61 Å². The van der Waals surface area contributed by atoms with Crippen LogP contribution in [0, 0.1) is 17.0 Å². The first-order valence-corrected chi connectivity index (χ1v) is 6.57. The van der Waals surface area contributed by atoms with Crippen LogP contribution in [0.2, 0.25) is 0 Å². The van der Waals surface area contributed by atoms with Crippen molar-refractivity contribution in [3.05, 3.63) is 57.8 Å². The van der Waals surface area contributed by atoms with Crippen LogP contribution < -0.4 is 9.47 Å². The minimum atomic E-state index is -0.438. The Morgan fingerprint density at radius 1 is 1.24 bits per heavy atom. The molecule has 1 heterocycles. The zero-order valence-electron chi connectivity index (χ0n) is 11.9. The van der Waals surface area contributed by atoms with E-state index in [-0.39, 0.29) is 12.3 Å². The largest absolute Gasteiger partial charge is 0.493 e. The number of benzene rings is 1. The molecule has 0 aliphatic rings. The van der Waals surface area contributed by atoms with E-state index in [0.717, 1.165) is 5.56 Å². The molecule has 6 nitrogen and oxygen atoms in total. The van der Waals surface area contributed by atoms with E-state index in [0.29, 0.717) is 23.8 Å². The fourth-order valence-corrected chi connectivity index (χ4v) is 1.92. The Hall–Kier alpha value is -2.63. The second-order valence-electron chi connectivity index (χ2n) is 4.36. The zero-order valence-corrected chi connectivity index (χ0v) is 11.9. The molecule has 0 unspecified atom stereocenters. The van der Waals surface area contributed by atoms with E-state index in [1.54, 1.807) is 24.4 Å². The van der Waals surface area contributed by atoms with Crippen molar-refractivity contribution < 1.29 is 14.4 Å². The number of nitro groups is 1. The van der Waals surface area contributed by atoms with Crippen LogP contribution in [0.4, 0.5) is 5.69 Å². The van der Waals surface area contributed by atoms with E-state index in [4.69, 9.17) is 9.47 Å². The van der Waals surface area contributed by atoms with Gasteiger partial charge < -0.3 is 9.47 Å². The SMILES string of the molecule is CCOc1cccc([N+](=O)[O-])c1COc1ncccc1C. The number of hydrogen-bond acceptors (Lipinski definition) is 5. The van der Waals surface area contributed by atoms with E-state index < -0.39 is 4.92 Å². The van der Waals surface area contributed by atoms with Crippen molar-refractivity contribution in [3.63, 3.8) is 0 Å². The molecule has 0 aliphatic heterocycles. The minimum Gasteiger partial charge on any atom is -0.493 e. The van der Waals surface area contributed by atoms with Crippen molar-refractivity contribution >= 4 is 5.69 Å². The Kier molecular flexibility index (Phi) is 4.71. The summed E-state index contributed by atoms with van der Waals surface area (Å²) in [6.07, 6.45) is 1.62. The van der Waals surface area contributed by atoms with Crippen molar-refractivity contribution in [1.82, 2.24) is 4.98 Å². The lowest BCUT2D eigenvalue weighted by Crippen LogP contribution is -2.06. The van der Waals surface area contributed by atoms with E-state index in [1.165, 1.54) is 6.07 Å². The number of pyridine rings is 1. The molecule has 1 aromatic carbocycles. The summed E-state index contributed by atoms with van der Waals surface area (Å²) in [4.78, 5) is 14.8. The van der Waals surface area contributed by atoms with Gasteiger partial charge in [-0.15, -0.1) is 0 Å². The van der Waals surface area contributed by atoms with Crippen molar-refractivity contribution in [1.29, 1.82) is 0 Å². The Bertz CT molecular complexity index is 643.